The maximum Gasteiger partial charge on any atom is 0.355 e. The Hall–Kier alpha value is -1.30. The molecule has 78 valence electrons. The molecule has 0 aromatic heterocycles. The molecule has 6 heteroatoms. The smallest absolute Gasteiger partial charge is 0.355 e. The molecule has 0 unspecified atom stereocenters. The molecular weight excluding hydrogens is 206 g/mol. The number of hydrogen-bond donors (Lipinski definition) is 1. The van der Waals surface area contributed by atoms with Gasteiger partial charge in [0.2, 0.25) is 5.91 Å². The molecular formula is C8H11NO4S. The van der Waals surface area contributed by atoms with Crippen molar-refractivity contribution in [3.05, 3.63) is 11.1 Å². The van der Waals surface area contributed by atoms with Gasteiger partial charge in [0.15, 0.2) is 5.12 Å². The monoisotopic (exact) mass is 217 g/mol. The van der Waals surface area contributed by atoms with E-state index in [0.717, 1.165) is 11.8 Å². The fraction of sp³-hybridized carbons (Fsp3) is 0.375. The second kappa shape index (κ2) is 6.20. The Morgan fingerprint density at radius 1 is 1.29 bits per heavy atom. The summed E-state index contributed by atoms with van der Waals surface area (Å²) in [4.78, 5) is 32.3. The Labute approximate surface area is 85.9 Å². The van der Waals surface area contributed by atoms with Crippen molar-refractivity contribution in [2.45, 2.75) is 13.8 Å². The molecule has 0 radical (unpaired) electrons. The first-order valence-electron chi connectivity index (χ1n) is 3.70. The Balaban J connectivity index is 4.53. The highest BCUT2D eigenvalue weighted by Crippen LogP contribution is 2.07. The largest absolute Gasteiger partial charge is 0.464 e. The summed E-state index contributed by atoms with van der Waals surface area (Å²) < 4.78 is 4.40. The van der Waals surface area contributed by atoms with Crippen LogP contribution in [0.4, 0.5) is 0 Å². The van der Waals surface area contributed by atoms with Crippen LogP contribution in [0.1, 0.15) is 13.8 Å². The summed E-state index contributed by atoms with van der Waals surface area (Å²) >= 11 is 0.809. The van der Waals surface area contributed by atoms with Gasteiger partial charge in [0, 0.05) is 19.3 Å². The van der Waals surface area contributed by atoms with Crippen molar-refractivity contribution in [1.29, 1.82) is 0 Å². The van der Waals surface area contributed by atoms with Crippen LogP contribution in [0.2, 0.25) is 0 Å². The van der Waals surface area contributed by atoms with Crippen LogP contribution in [-0.2, 0) is 19.1 Å². The lowest BCUT2D eigenvalue weighted by Gasteiger charge is -2.04. The highest BCUT2D eigenvalue weighted by molar-refractivity contribution is 8.16. The van der Waals surface area contributed by atoms with Crippen molar-refractivity contribution in [1.82, 2.24) is 5.32 Å². The van der Waals surface area contributed by atoms with Gasteiger partial charge in [-0.1, -0.05) is 11.8 Å². The number of rotatable bonds is 3. The Morgan fingerprint density at radius 3 is 2.21 bits per heavy atom. The quantitative estimate of drug-likeness (QED) is 0.547. The third kappa shape index (κ3) is 5.36. The molecule has 0 saturated carbocycles. The molecule has 0 atom stereocenters. The van der Waals surface area contributed by atoms with Crippen molar-refractivity contribution in [2.75, 3.05) is 7.11 Å². The minimum atomic E-state index is -0.686. The SMILES string of the molecule is COC(=O)C(=CSC(C)=O)NC(C)=O. The second-order valence-electron chi connectivity index (χ2n) is 2.31. The zero-order valence-corrected chi connectivity index (χ0v) is 8.94. The Bertz CT molecular complexity index is 285. The van der Waals surface area contributed by atoms with Crippen LogP contribution in [0.5, 0.6) is 0 Å². The summed E-state index contributed by atoms with van der Waals surface area (Å²) in [6.07, 6.45) is 0. The minimum Gasteiger partial charge on any atom is -0.464 e. The molecule has 0 aromatic carbocycles. The molecule has 5 nitrogen and oxygen atoms in total. The molecule has 0 aliphatic carbocycles. The summed E-state index contributed by atoms with van der Waals surface area (Å²) in [5, 5.41) is 3.32. The summed E-state index contributed by atoms with van der Waals surface area (Å²) in [5.41, 5.74) is -0.0415. The van der Waals surface area contributed by atoms with Crippen LogP contribution in [0.3, 0.4) is 0 Å². The number of esters is 1. The van der Waals surface area contributed by atoms with E-state index >= 15 is 0 Å². The van der Waals surface area contributed by atoms with Gasteiger partial charge in [-0.15, -0.1) is 0 Å². The number of carbonyl (C=O) groups excluding carboxylic acids is 3. The van der Waals surface area contributed by atoms with E-state index in [1.54, 1.807) is 0 Å². The molecule has 0 rings (SSSR count). The maximum atomic E-state index is 11.0. The number of methoxy groups -OCH3 is 1. The van der Waals surface area contributed by atoms with Gasteiger partial charge in [0.25, 0.3) is 0 Å². The summed E-state index contributed by atoms with van der Waals surface area (Å²) in [7, 11) is 1.19. The van der Waals surface area contributed by atoms with E-state index in [2.05, 4.69) is 10.1 Å². The fourth-order valence-corrected chi connectivity index (χ4v) is 1.01. The number of ether oxygens (including phenoxy) is 1. The molecule has 0 aliphatic heterocycles. The molecule has 0 spiro atoms. The van der Waals surface area contributed by atoms with Gasteiger partial charge in [0.1, 0.15) is 5.70 Å². The van der Waals surface area contributed by atoms with Gasteiger partial charge >= 0.3 is 5.97 Å². The molecule has 1 N–H and O–H groups in total. The van der Waals surface area contributed by atoms with Crippen molar-refractivity contribution in [2.24, 2.45) is 0 Å². The minimum absolute atomic E-state index is 0.0415. The first kappa shape index (κ1) is 12.7. The number of thioether (sulfide) groups is 1. The lowest BCUT2D eigenvalue weighted by atomic mass is 10.5. The van der Waals surface area contributed by atoms with Crippen molar-refractivity contribution in [3.8, 4) is 0 Å². The number of amides is 1. The van der Waals surface area contributed by atoms with Crippen LogP contribution in [0.25, 0.3) is 0 Å². The molecule has 0 aromatic rings. The Kier molecular flexibility index (Phi) is 5.62. The van der Waals surface area contributed by atoms with E-state index in [0.29, 0.717) is 0 Å². The molecule has 0 heterocycles. The van der Waals surface area contributed by atoms with Crippen LogP contribution in [0, 0.1) is 0 Å². The van der Waals surface area contributed by atoms with E-state index in [1.807, 2.05) is 0 Å². The zero-order chi connectivity index (χ0) is 11.1. The maximum absolute atomic E-state index is 11.0. The molecule has 0 aliphatic rings. The van der Waals surface area contributed by atoms with E-state index in [9.17, 15) is 14.4 Å². The van der Waals surface area contributed by atoms with E-state index < -0.39 is 11.9 Å². The zero-order valence-electron chi connectivity index (χ0n) is 8.12. The number of nitrogens with one attached hydrogen (secondary N) is 1. The second-order valence-corrected chi connectivity index (χ2v) is 3.36. The summed E-state index contributed by atoms with van der Waals surface area (Å²) in [6.45, 7) is 2.61. The van der Waals surface area contributed by atoms with Crippen LogP contribution >= 0.6 is 11.8 Å². The normalized spacial score (nSPS) is 10.6. The fourth-order valence-electron chi connectivity index (χ4n) is 0.570. The van der Waals surface area contributed by atoms with Gasteiger partial charge in [-0.3, -0.25) is 9.59 Å². The molecule has 1 amide bonds. The van der Waals surface area contributed by atoms with Gasteiger partial charge in [-0.05, 0) is 0 Å². The molecule has 0 bridgehead atoms. The van der Waals surface area contributed by atoms with Crippen LogP contribution in [0.15, 0.2) is 11.1 Å². The van der Waals surface area contributed by atoms with Gasteiger partial charge < -0.3 is 10.1 Å². The number of carbonyl (C=O) groups is 3. The average molecular weight is 217 g/mol. The van der Waals surface area contributed by atoms with Crippen molar-refractivity contribution < 1.29 is 19.1 Å². The summed E-state index contributed by atoms with van der Waals surface area (Å²) in [6, 6.07) is 0. The van der Waals surface area contributed by atoms with Crippen LogP contribution < -0.4 is 5.32 Å². The predicted molar refractivity (Wildman–Crippen MR) is 52.2 cm³/mol. The van der Waals surface area contributed by atoms with Crippen LogP contribution in [-0.4, -0.2) is 24.1 Å². The van der Waals surface area contributed by atoms with Crippen molar-refractivity contribution >= 4 is 28.8 Å². The molecule has 0 fully saturated rings. The number of hydrogen-bond acceptors (Lipinski definition) is 5. The van der Waals surface area contributed by atoms with Gasteiger partial charge in [-0.25, -0.2) is 4.79 Å². The van der Waals surface area contributed by atoms with E-state index in [1.165, 1.54) is 26.4 Å². The highest BCUT2D eigenvalue weighted by Gasteiger charge is 2.10. The first-order valence-corrected chi connectivity index (χ1v) is 4.58. The lowest BCUT2D eigenvalue weighted by Crippen LogP contribution is -2.25. The average Bonchev–Trinajstić information content (AvgIpc) is 2.10. The first-order chi connectivity index (χ1) is 6.47. The summed E-state index contributed by atoms with van der Waals surface area (Å²) in [5.74, 6) is -1.08. The lowest BCUT2D eigenvalue weighted by molar-refractivity contribution is -0.137. The van der Waals surface area contributed by atoms with Gasteiger partial charge in [0.05, 0.1) is 7.11 Å². The van der Waals surface area contributed by atoms with Crippen molar-refractivity contribution in [3.63, 3.8) is 0 Å². The van der Waals surface area contributed by atoms with E-state index in [4.69, 9.17) is 0 Å². The topological polar surface area (TPSA) is 72.5 Å². The standard InChI is InChI=1S/C8H11NO4S/c1-5(10)9-7(8(12)13-3)4-14-6(2)11/h4H,1-3H3,(H,9,10). The predicted octanol–water partition coefficient (Wildman–Crippen LogP) is 0.417. The highest BCUT2D eigenvalue weighted by atomic mass is 32.2. The Morgan fingerprint density at radius 2 is 1.86 bits per heavy atom. The third-order valence-corrected chi connectivity index (χ3v) is 1.74. The molecule has 0 saturated heterocycles. The molecule has 14 heavy (non-hydrogen) atoms. The van der Waals surface area contributed by atoms with Gasteiger partial charge in [-0.2, -0.15) is 0 Å². The third-order valence-electron chi connectivity index (χ3n) is 1.06. The van der Waals surface area contributed by atoms with E-state index in [-0.39, 0.29) is 10.8 Å².